The lowest BCUT2D eigenvalue weighted by atomic mass is 10.1. The van der Waals surface area contributed by atoms with E-state index in [9.17, 15) is 9.18 Å². The fraction of sp³-hybridized carbons (Fsp3) is 0.143. The van der Waals surface area contributed by atoms with E-state index in [1.165, 1.54) is 6.07 Å². The van der Waals surface area contributed by atoms with E-state index < -0.39 is 6.04 Å². The fourth-order valence-corrected chi connectivity index (χ4v) is 2.16. The average Bonchev–Trinajstić information content (AvgIpc) is 2.39. The van der Waals surface area contributed by atoms with Crippen LogP contribution in [0.4, 0.5) is 4.39 Å². The minimum absolute atomic E-state index is 0.296. The fourth-order valence-electron chi connectivity index (χ4n) is 1.73. The van der Waals surface area contributed by atoms with Crippen LogP contribution in [0, 0.1) is 5.82 Å². The normalized spacial score (nSPS) is 11.9. The molecular weight excluding hydrogens is 311 g/mol. The zero-order valence-electron chi connectivity index (χ0n) is 10.2. The van der Waals surface area contributed by atoms with Crippen LogP contribution in [-0.2, 0) is 0 Å². The second kappa shape index (κ2) is 5.93. The quantitative estimate of drug-likeness (QED) is 0.879. The molecule has 98 valence electrons. The molecule has 19 heavy (non-hydrogen) atoms. The van der Waals surface area contributed by atoms with Gasteiger partial charge in [0, 0.05) is 11.8 Å². The van der Waals surface area contributed by atoms with Crippen molar-refractivity contribution in [2.75, 3.05) is 0 Å². The molecule has 0 saturated heterocycles. The molecule has 2 aromatic rings. The Kier molecular flexibility index (Phi) is 4.27. The Labute approximate surface area is 119 Å². The van der Waals surface area contributed by atoms with Gasteiger partial charge in [0.25, 0.3) is 5.91 Å². The molecule has 0 radical (unpaired) electrons. The standard InChI is InChI=1S/C14H12BrFN2O/c1-9(10-5-2-3-7-12(10)16)18-14(19)11-6-4-8-17-13(11)15/h2-9H,1H3,(H,18,19). The van der Waals surface area contributed by atoms with E-state index in [0.29, 0.717) is 15.7 Å². The molecule has 0 aliphatic heterocycles. The molecule has 5 heteroatoms. The number of amides is 1. The van der Waals surface area contributed by atoms with E-state index in [1.54, 1.807) is 43.5 Å². The summed E-state index contributed by atoms with van der Waals surface area (Å²) in [5.41, 5.74) is 0.876. The summed E-state index contributed by atoms with van der Waals surface area (Å²) < 4.78 is 14.1. The van der Waals surface area contributed by atoms with Crippen molar-refractivity contribution in [2.45, 2.75) is 13.0 Å². The molecule has 1 amide bonds. The van der Waals surface area contributed by atoms with Crippen LogP contribution >= 0.6 is 15.9 Å². The second-order valence-electron chi connectivity index (χ2n) is 4.06. The first-order chi connectivity index (χ1) is 9.09. The van der Waals surface area contributed by atoms with Crippen molar-refractivity contribution < 1.29 is 9.18 Å². The predicted molar refractivity (Wildman–Crippen MR) is 74.2 cm³/mol. The number of rotatable bonds is 3. The zero-order chi connectivity index (χ0) is 13.8. The molecule has 1 N–H and O–H groups in total. The van der Waals surface area contributed by atoms with Gasteiger partial charge in [0.1, 0.15) is 10.4 Å². The zero-order valence-corrected chi connectivity index (χ0v) is 11.8. The summed E-state index contributed by atoms with van der Waals surface area (Å²) in [5, 5.41) is 2.75. The number of benzene rings is 1. The maximum absolute atomic E-state index is 13.6. The van der Waals surface area contributed by atoms with Crippen LogP contribution in [-0.4, -0.2) is 10.9 Å². The topological polar surface area (TPSA) is 42.0 Å². The molecule has 2 rings (SSSR count). The smallest absolute Gasteiger partial charge is 0.254 e. The highest BCUT2D eigenvalue weighted by Gasteiger charge is 2.16. The monoisotopic (exact) mass is 322 g/mol. The maximum Gasteiger partial charge on any atom is 0.254 e. The van der Waals surface area contributed by atoms with Gasteiger partial charge in [0.2, 0.25) is 0 Å². The van der Waals surface area contributed by atoms with Gasteiger partial charge in [-0.2, -0.15) is 0 Å². The van der Waals surface area contributed by atoms with Gasteiger partial charge in [-0.3, -0.25) is 4.79 Å². The van der Waals surface area contributed by atoms with Crippen LogP contribution < -0.4 is 5.32 Å². The van der Waals surface area contributed by atoms with Crippen LogP contribution in [0.2, 0.25) is 0 Å². The molecule has 3 nitrogen and oxygen atoms in total. The van der Waals surface area contributed by atoms with Crippen molar-refractivity contribution >= 4 is 21.8 Å². The second-order valence-corrected chi connectivity index (χ2v) is 4.81. The highest BCUT2D eigenvalue weighted by Crippen LogP contribution is 2.18. The van der Waals surface area contributed by atoms with Gasteiger partial charge in [-0.05, 0) is 41.1 Å². The summed E-state index contributed by atoms with van der Waals surface area (Å²) in [6.07, 6.45) is 1.58. The number of carbonyl (C=O) groups is 1. The summed E-state index contributed by atoms with van der Waals surface area (Å²) >= 11 is 3.21. The molecule has 0 bridgehead atoms. The molecule has 0 aliphatic carbocycles. The van der Waals surface area contributed by atoms with Crippen molar-refractivity contribution in [3.05, 3.63) is 64.1 Å². The van der Waals surface area contributed by atoms with Gasteiger partial charge in [0.05, 0.1) is 11.6 Å². The van der Waals surface area contributed by atoms with E-state index in [4.69, 9.17) is 0 Å². The molecule has 1 heterocycles. The van der Waals surface area contributed by atoms with Crippen molar-refractivity contribution in [1.82, 2.24) is 10.3 Å². The van der Waals surface area contributed by atoms with Gasteiger partial charge < -0.3 is 5.32 Å². The third-order valence-corrected chi connectivity index (χ3v) is 3.35. The third-order valence-electron chi connectivity index (χ3n) is 2.72. The van der Waals surface area contributed by atoms with E-state index in [0.717, 1.165) is 0 Å². The van der Waals surface area contributed by atoms with E-state index in [1.807, 2.05) is 0 Å². The maximum atomic E-state index is 13.6. The summed E-state index contributed by atoms with van der Waals surface area (Å²) in [6, 6.07) is 9.29. The molecule has 1 aromatic heterocycles. The lowest BCUT2D eigenvalue weighted by molar-refractivity contribution is 0.0938. The Hall–Kier alpha value is -1.75. The Morgan fingerprint density at radius 1 is 1.32 bits per heavy atom. The van der Waals surface area contributed by atoms with E-state index in [-0.39, 0.29) is 11.7 Å². The molecule has 1 atom stereocenters. The van der Waals surface area contributed by atoms with E-state index in [2.05, 4.69) is 26.2 Å². The minimum Gasteiger partial charge on any atom is -0.345 e. The first-order valence-electron chi connectivity index (χ1n) is 5.75. The van der Waals surface area contributed by atoms with Gasteiger partial charge in [0.15, 0.2) is 0 Å². The number of carbonyl (C=O) groups excluding carboxylic acids is 1. The Bertz CT molecular complexity index is 604. The SMILES string of the molecule is CC(NC(=O)c1cccnc1Br)c1ccccc1F. The van der Waals surface area contributed by atoms with Crippen molar-refractivity contribution in [1.29, 1.82) is 0 Å². The number of halogens is 2. The summed E-state index contributed by atoms with van der Waals surface area (Å²) in [6.45, 7) is 1.74. The predicted octanol–water partition coefficient (Wildman–Crippen LogP) is 3.47. The summed E-state index contributed by atoms with van der Waals surface area (Å²) in [7, 11) is 0. The molecule has 1 unspecified atom stereocenters. The van der Waals surface area contributed by atoms with Crippen LogP contribution in [0.3, 0.4) is 0 Å². The van der Waals surface area contributed by atoms with Crippen molar-refractivity contribution in [2.24, 2.45) is 0 Å². The number of hydrogen-bond donors (Lipinski definition) is 1. The number of aromatic nitrogens is 1. The van der Waals surface area contributed by atoms with Crippen molar-refractivity contribution in [3.8, 4) is 0 Å². The van der Waals surface area contributed by atoms with Gasteiger partial charge in [-0.15, -0.1) is 0 Å². The van der Waals surface area contributed by atoms with Crippen LogP contribution in [0.15, 0.2) is 47.2 Å². The van der Waals surface area contributed by atoms with Gasteiger partial charge in [-0.25, -0.2) is 9.37 Å². The Morgan fingerprint density at radius 3 is 2.74 bits per heavy atom. The molecule has 0 fully saturated rings. The summed E-state index contributed by atoms with van der Waals surface area (Å²) in [4.78, 5) is 16.0. The molecular formula is C14H12BrFN2O. The lowest BCUT2D eigenvalue weighted by Crippen LogP contribution is -2.27. The Balaban J connectivity index is 2.16. The van der Waals surface area contributed by atoms with Crippen molar-refractivity contribution in [3.63, 3.8) is 0 Å². The van der Waals surface area contributed by atoms with Gasteiger partial charge in [-0.1, -0.05) is 18.2 Å². The highest BCUT2D eigenvalue weighted by atomic mass is 79.9. The highest BCUT2D eigenvalue weighted by molar-refractivity contribution is 9.10. The number of nitrogens with zero attached hydrogens (tertiary/aromatic N) is 1. The molecule has 0 saturated carbocycles. The Morgan fingerprint density at radius 2 is 2.05 bits per heavy atom. The largest absolute Gasteiger partial charge is 0.345 e. The average molecular weight is 323 g/mol. The van der Waals surface area contributed by atoms with Crippen LogP contribution in [0.1, 0.15) is 28.9 Å². The number of pyridine rings is 1. The number of hydrogen-bond acceptors (Lipinski definition) is 2. The van der Waals surface area contributed by atoms with E-state index >= 15 is 0 Å². The third kappa shape index (κ3) is 3.17. The van der Waals surface area contributed by atoms with Crippen LogP contribution in [0.5, 0.6) is 0 Å². The van der Waals surface area contributed by atoms with Crippen LogP contribution in [0.25, 0.3) is 0 Å². The molecule has 1 aromatic carbocycles. The lowest BCUT2D eigenvalue weighted by Gasteiger charge is -2.15. The minimum atomic E-state index is -0.416. The molecule has 0 aliphatic rings. The van der Waals surface area contributed by atoms with Gasteiger partial charge >= 0.3 is 0 Å². The summed E-state index contributed by atoms with van der Waals surface area (Å²) in [5.74, 6) is -0.628. The first-order valence-corrected chi connectivity index (χ1v) is 6.54. The first kappa shape index (κ1) is 13.7. The number of nitrogens with one attached hydrogen (secondary N) is 1. The molecule has 0 spiro atoms.